The molecule has 0 radical (unpaired) electrons. The molecule has 2 aliphatic rings. The summed E-state index contributed by atoms with van der Waals surface area (Å²) < 4.78 is 1.72. The van der Waals surface area contributed by atoms with E-state index in [2.05, 4.69) is 13.8 Å². The number of fused-ring (bicyclic) bond motifs is 1. The summed E-state index contributed by atoms with van der Waals surface area (Å²) in [6, 6.07) is 0. The van der Waals surface area contributed by atoms with Gasteiger partial charge in [0.05, 0.1) is 0 Å². The van der Waals surface area contributed by atoms with E-state index in [4.69, 9.17) is 0 Å². The average molecular weight is 373 g/mol. The van der Waals surface area contributed by atoms with Gasteiger partial charge in [0.25, 0.3) is 0 Å². The van der Waals surface area contributed by atoms with Crippen LogP contribution in [0.3, 0.4) is 0 Å². The first-order valence-corrected chi connectivity index (χ1v) is 10.7. The average Bonchev–Trinajstić information content (AvgIpc) is 3.21. The third kappa shape index (κ3) is 4.02. The van der Waals surface area contributed by atoms with Crippen LogP contribution in [0.25, 0.3) is 0 Å². The van der Waals surface area contributed by atoms with Crippen LogP contribution in [-0.2, 0) is 22.4 Å². The summed E-state index contributed by atoms with van der Waals surface area (Å²) in [5, 5.41) is 1.27. The first-order chi connectivity index (χ1) is 13.1. The molecule has 2 amide bonds. The zero-order valence-electron chi connectivity index (χ0n) is 16.8. The van der Waals surface area contributed by atoms with Gasteiger partial charge in [-0.1, -0.05) is 39.5 Å². The van der Waals surface area contributed by atoms with Crippen molar-refractivity contribution in [1.29, 1.82) is 0 Å². The van der Waals surface area contributed by atoms with Crippen molar-refractivity contribution in [1.82, 2.24) is 4.68 Å². The largest absolute Gasteiger partial charge is 0.294 e. The summed E-state index contributed by atoms with van der Waals surface area (Å²) in [4.78, 5) is 38.0. The summed E-state index contributed by atoms with van der Waals surface area (Å²) in [5.74, 6) is -0.0450. The summed E-state index contributed by atoms with van der Waals surface area (Å²) >= 11 is 0. The Labute approximate surface area is 162 Å². The molecule has 0 N–H and O–H groups in total. The number of nitrogens with zero attached hydrogens (tertiary/aromatic N) is 2. The minimum Gasteiger partial charge on any atom is -0.294 e. The van der Waals surface area contributed by atoms with E-state index in [0.29, 0.717) is 0 Å². The van der Waals surface area contributed by atoms with Gasteiger partial charge in [-0.15, -0.1) is 0 Å². The lowest BCUT2D eigenvalue weighted by Crippen LogP contribution is -2.40. The number of carbonyl (C=O) groups excluding carboxylic acids is 3. The van der Waals surface area contributed by atoms with Crippen molar-refractivity contribution in [2.24, 2.45) is 5.92 Å². The molecular weight excluding hydrogens is 340 g/mol. The van der Waals surface area contributed by atoms with Gasteiger partial charge in [-0.2, -0.15) is 5.01 Å². The standard InChI is InChI=1S/C22H32N2O3/c1-3-5-9-16(10-6-4-2)22(27)18-15-23(19-12-8-7-11-17(18)19)24-20(25)13-14-21(24)26/h15-16H,3-14H2,1-2H3. The second-order valence-electron chi connectivity index (χ2n) is 7.96. The predicted octanol–water partition coefficient (Wildman–Crippen LogP) is 4.33. The van der Waals surface area contributed by atoms with Gasteiger partial charge in [0.2, 0.25) is 11.8 Å². The molecule has 1 saturated heterocycles. The lowest BCUT2D eigenvalue weighted by atomic mass is 9.85. The first-order valence-electron chi connectivity index (χ1n) is 10.7. The molecule has 3 rings (SSSR count). The summed E-state index contributed by atoms with van der Waals surface area (Å²) in [7, 11) is 0. The number of unbranched alkanes of at least 4 members (excludes halogenated alkanes) is 2. The predicted molar refractivity (Wildman–Crippen MR) is 105 cm³/mol. The zero-order chi connectivity index (χ0) is 19.4. The molecule has 27 heavy (non-hydrogen) atoms. The molecule has 1 aliphatic carbocycles. The molecule has 1 aliphatic heterocycles. The number of rotatable bonds is 9. The zero-order valence-corrected chi connectivity index (χ0v) is 16.8. The highest BCUT2D eigenvalue weighted by Gasteiger charge is 2.35. The Hall–Kier alpha value is -1.91. The van der Waals surface area contributed by atoms with Gasteiger partial charge >= 0.3 is 0 Å². The molecular formula is C22H32N2O3. The minimum atomic E-state index is -0.157. The number of Topliss-reactive ketones (excluding diaryl/α,β-unsaturated/α-hetero) is 1. The van der Waals surface area contributed by atoms with Crippen LogP contribution in [0.5, 0.6) is 0 Å². The van der Waals surface area contributed by atoms with Crippen molar-refractivity contribution >= 4 is 17.6 Å². The summed E-state index contributed by atoms with van der Waals surface area (Å²) in [5.41, 5.74) is 2.84. The number of ketones is 1. The number of imide groups is 1. The van der Waals surface area contributed by atoms with E-state index in [-0.39, 0.29) is 36.4 Å². The van der Waals surface area contributed by atoms with Gasteiger partial charge in [-0.05, 0) is 44.1 Å². The van der Waals surface area contributed by atoms with Crippen LogP contribution in [-0.4, -0.2) is 22.3 Å². The van der Waals surface area contributed by atoms with Crippen LogP contribution >= 0.6 is 0 Å². The van der Waals surface area contributed by atoms with Gasteiger partial charge in [-0.25, -0.2) is 0 Å². The van der Waals surface area contributed by atoms with E-state index in [1.807, 2.05) is 0 Å². The maximum absolute atomic E-state index is 13.4. The quantitative estimate of drug-likeness (QED) is 0.479. The third-order valence-corrected chi connectivity index (χ3v) is 5.98. The second-order valence-corrected chi connectivity index (χ2v) is 7.96. The Balaban J connectivity index is 1.95. The number of hydrogen-bond donors (Lipinski definition) is 0. The van der Waals surface area contributed by atoms with Crippen molar-refractivity contribution in [2.75, 3.05) is 5.01 Å². The van der Waals surface area contributed by atoms with Crippen molar-refractivity contribution in [3.05, 3.63) is 23.0 Å². The van der Waals surface area contributed by atoms with E-state index < -0.39 is 0 Å². The van der Waals surface area contributed by atoms with Crippen LogP contribution in [0.4, 0.5) is 0 Å². The molecule has 0 atom stereocenters. The van der Waals surface area contributed by atoms with Crippen LogP contribution in [0.2, 0.25) is 0 Å². The molecule has 0 unspecified atom stereocenters. The smallest absolute Gasteiger partial charge is 0.249 e. The highest BCUT2D eigenvalue weighted by molar-refractivity contribution is 6.14. The third-order valence-electron chi connectivity index (χ3n) is 5.98. The van der Waals surface area contributed by atoms with Gasteiger partial charge in [0, 0.05) is 36.2 Å². The number of amides is 2. The van der Waals surface area contributed by atoms with Crippen molar-refractivity contribution in [3.8, 4) is 0 Å². The molecule has 0 bridgehead atoms. The van der Waals surface area contributed by atoms with Crippen molar-refractivity contribution < 1.29 is 14.4 Å². The Morgan fingerprint density at radius 3 is 2.15 bits per heavy atom. The normalized spacial score (nSPS) is 17.1. The molecule has 0 spiro atoms. The molecule has 0 aromatic carbocycles. The van der Waals surface area contributed by atoms with E-state index in [0.717, 1.165) is 81.0 Å². The minimum absolute atomic E-state index is 0.0526. The van der Waals surface area contributed by atoms with Crippen molar-refractivity contribution in [3.63, 3.8) is 0 Å². The van der Waals surface area contributed by atoms with Crippen LogP contribution < -0.4 is 5.01 Å². The maximum Gasteiger partial charge on any atom is 0.249 e. The lowest BCUT2D eigenvalue weighted by Gasteiger charge is -2.21. The van der Waals surface area contributed by atoms with E-state index in [1.165, 1.54) is 5.01 Å². The highest BCUT2D eigenvalue weighted by Crippen LogP contribution is 2.31. The Bertz CT molecular complexity index is 695. The molecule has 1 fully saturated rings. The molecule has 2 heterocycles. The Morgan fingerprint density at radius 1 is 0.963 bits per heavy atom. The van der Waals surface area contributed by atoms with E-state index in [1.54, 1.807) is 10.9 Å². The number of hydrogen-bond acceptors (Lipinski definition) is 3. The molecule has 1 aromatic rings. The SMILES string of the molecule is CCCCC(CCCC)C(=O)c1cn(N2C(=O)CCC2=O)c2c1CCCC2. The van der Waals surface area contributed by atoms with E-state index >= 15 is 0 Å². The fraction of sp³-hybridized carbons (Fsp3) is 0.682. The lowest BCUT2D eigenvalue weighted by molar-refractivity contribution is -0.123. The van der Waals surface area contributed by atoms with E-state index in [9.17, 15) is 14.4 Å². The fourth-order valence-electron chi connectivity index (χ4n) is 4.43. The summed E-state index contributed by atoms with van der Waals surface area (Å²) in [6.07, 6.45) is 12.3. The molecule has 148 valence electrons. The molecule has 5 nitrogen and oxygen atoms in total. The fourth-order valence-corrected chi connectivity index (χ4v) is 4.43. The second kappa shape index (κ2) is 8.85. The first kappa shape index (κ1) is 19.8. The highest BCUT2D eigenvalue weighted by atomic mass is 16.2. The summed E-state index contributed by atoms with van der Waals surface area (Å²) in [6.45, 7) is 4.31. The number of aromatic nitrogens is 1. The molecule has 5 heteroatoms. The maximum atomic E-state index is 13.4. The van der Waals surface area contributed by atoms with Crippen LogP contribution in [0, 0.1) is 5.92 Å². The Kier molecular flexibility index (Phi) is 6.51. The van der Waals surface area contributed by atoms with Gasteiger partial charge in [0.1, 0.15) is 0 Å². The Morgan fingerprint density at radius 2 is 1.56 bits per heavy atom. The topological polar surface area (TPSA) is 59.4 Å². The van der Waals surface area contributed by atoms with Gasteiger partial charge in [0.15, 0.2) is 5.78 Å². The van der Waals surface area contributed by atoms with Crippen molar-refractivity contribution in [2.45, 2.75) is 90.9 Å². The monoisotopic (exact) mass is 372 g/mol. The molecule has 0 saturated carbocycles. The number of carbonyl (C=O) groups is 3. The van der Waals surface area contributed by atoms with Crippen LogP contribution in [0.15, 0.2) is 6.20 Å². The van der Waals surface area contributed by atoms with Gasteiger partial charge < -0.3 is 0 Å². The van der Waals surface area contributed by atoms with Gasteiger partial charge in [-0.3, -0.25) is 19.1 Å². The van der Waals surface area contributed by atoms with Crippen LogP contribution in [0.1, 0.15) is 99.7 Å². The molecule has 1 aromatic heterocycles.